The second-order valence-corrected chi connectivity index (χ2v) is 7.66. The highest BCUT2D eigenvalue weighted by molar-refractivity contribution is 9.10. The van der Waals surface area contributed by atoms with Gasteiger partial charge in [-0.2, -0.15) is 0 Å². The van der Waals surface area contributed by atoms with Crippen molar-refractivity contribution in [3.63, 3.8) is 0 Å². The molecule has 1 aromatic heterocycles. The topological polar surface area (TPSA) is 48.5 Å². The Kier molecular flexibility index (Phi) is 6.77. The van der Waals surface area contributed by atoms with E-state index in [2.05, 4.69) is 48.2 Å². The fourth-order valence-corrected chi connectivity index (χ4v) is 3.44. The molecule has 2 aromatic rings. The fourth-order valence-electron chi connectivity index (χ4n) is 3.18. The maximum atomic E-state index is 12.4. The average Bonchev–Trinajstić information content (AvgIpc) is 2.64. The van der Waals surface area contributed by atoms with Crippen LogP contribution in [0.5, 0.6) is 0 Å². The summed E-state index contributed by atoms with van der Waals surface area (Å²) < 4.78 is 1.05. The van der Waals surface area contributed by atoms with Crippen LogP contribution in [0.3, 0.4) is 0 Å². The van der Waals surface area contributed by atoms with Gasteiger partial charge >= 0.3 is 0 Å². The SMILES string of the molecule is CC(NC(=O)CN1CCN(Cc2ccncc2)CC1)c1ccc(Br)cc1. The highest BCUT2D eigenvalue weighted by Gasteiger charge is 2.20. The minimum absolute atomic E-state index is 0.0172. The maximum Gasteiger partial charge on any atom is 0.234 e. The van der Waals surface area contributed by atoms with E-state index in [9.17, 15) is 4.79 Å². The van der Waals surface area contributed by atoms with Crippen molar-refractivity contribution < 1.29 is 4.79 Å². The molecular weight excluding hydrogens is 392 g/mol. The Morgan fingerprint density at radius 1 is 1.08 bits per heavy atom. The average molecular weight is 417 g/mol. The number of amides is 1. The van der Waals surface area contributed by atoms with E-state index in [0.717, 1.165) is 42.8 Å². The van der Waals surface area contributed by atoms with E-state index < -0.39 is 0 Å². The molecule has 0 aliphatic carbocycles. The molecule has 1 fully saturated rings. The zero-order chi connectivity index (χ0) is 18.4. The first-order chi connectivity index (χ1) is 12.6. The monoisotopic (exact) mass is 416 g/mol. The lowest BCUT2D eigenvalue weighted by Gasteiger charge is -2.34. The van der Waals surface area contributed by atoms with Crippen LogP contribution in [0.1, 0.15) is 24.1 Å². The van der Waals surface area contributed by atoms with E-state index in [-0.39, 0.29) is 11.9 Å². The molecule has 5 nitrogen and oxygen atoms in total. The van der Waals surface area contributed by atoms with Gasteiger partial charge in [0.05, 0.1) is 12.6 Å². The standard InChI is InChI=1S/C20H25BrN4O/c1-16(18-2-4-19(21)5-3-18)23-20(26)15-25-12-10-24(11-13-25)14-17-6-8-22-9-7-17/h2-9,16H,10-15H2,1H3,(H,23,26). The number of piperazine rings is 1. The van der Waals surface area contributed by atoms with Gasteiger partial charge in [0.25, 0.3) is 0 Å². The van der Waals surface area contributed by atoms with Gasteiger partial charge in [-0.15, -0.1) is 0 Å². The molecule has 26 heavy (non-hydrogen) atoms. The zero-order valence-corrected chi connectivity index (χ0v) is 16.7. The molecule has 0 bridgehead atoms. The molecule has 1 amide bonds. The Balaban J connectivity index is 1.41. The third-order valence-corrected chi connectivity index (χ3v) is 5.26. The Hall–Kier alpha value is -1.76. The normalized spacial score (nSPS) is 17.0. The molecule has 1 saturated heterocycles. The molecule has 0 spiro atoms. The van der Waals surface area contributed by atoms with Crippen LogP contribution >= 0.6 is 15.9 Å². The summed E-state index contributed by atoms with van der Waals surface area (Å²) in [5, 5.41) is 3.10. The molecule has 138 valence electrons. The van der Waals surface area contributed by atoms with Crippen molar-refractivity contribution in [2.24, 2.45) is 0 Å². The van der Waals surface area contributed by atoms with Crippen molar-refractivity contribution in [1.82, 2.24) is 20.1 Å². The Bertz CT molecular complexity index is 700. The quantitative estimate of drug-likeness (QED) is 0.786. The van der Waals surface area contributed by atoms with Crippen molar-refractivity contribution in [3.8, 4) is 0 Å². The number of carbonyl (C=O) groups is 1. The van der Waals surface area contributed by atoms with Gasteiger partial charge < -0.3 is 5.32 Å². The summed E-state index contributed by atoms with van der Waals surface area (Å²) in [4.78, 5) is 21.1. The molecule has 1 atom stereocenters. The number of carbonyl (C=O) groups excluding carboxylic acids is 1. The van der Waals surface area contributed by atoms with E-state index in [1.807, 2.05) is 43.6 Å². The molecule has 3 rings (SSSR count). The number of hydrogen-bond donors (Lipinski definition) is 1. The highest BCUT2D eigenvalue weighted by Crippen LogP contribution is 2.16. The van der Waals surface area contributed by atoms with Crippen LogP contribution < -0.4 is 5.32 Å². The molecule has 0 radical (unpaired) electrons. The van der Waals surface area contributed by atoms with Gasteiger partial charge in [-0.1, -0.05) is 28.1 Å². The van der Waals surface area contributed by atoms with E-state index in [1.165, 1.54) is 5.56 Å². The molecule has 1 aliphatic heterocycles. The molecule has 0 saturated carbocycles. The van der Waals surface area contributed by atoms with Crippen LogP contribution in [0.15, 0.2) is 53.3 Å². The number of halogens is 1. The van der Waals surface area contributed by atoms with Crippen molar-refractivity contribution in [2.75, 3.05) is 32.7 Å². The molecule has 2 heterocycles. The number of aromatic nitrogens is 1. The van der Waals surface area contributed by atoms with Crippen LogP contribution in [0.4, 0.5) is 0 Å². The van der Waals surface area contributed by atoms with Gasteiger partial charge in [0, 0.05) is 49.6 Å². The predicted octanol–water partition coefficient (Wildman–Crippen LogP) is 2.84. The number of benzene rings is 1. The van der Waals surface area contributed by atoms with Gasteiger partial charge in [0.2, 0.25) is 5.91 Å². The van der Waals surface area contributed by atoms with Gasteiger partial charge in [-0.05, 0) is 42.3 Å². The highest BCUT2D eigenvalue weighted by atomic mass is 79.9. The summed E-state index contributed by atoms with van der Waals surface area (Å²) in [6.07, 6.45) is 3.67. The summed E-state index contributed by atoms with van der Waals surface area (Å²) in [5.41, 5.74) is 2.40. The summed E-state index contributed by atoms with van der Waals surface area (Å²) in [6, 6.07) is 12.2. The van der Waals surface area contributed by atoms with Crippen LogP contribution in [0, 0.1) is 0 Å². The summed E-state index contributed by atoms with van der Waals surface area (Å²) in [7, 11) is 0. The lowest BCUT2D eigenvalue weighted by atomic mass is 10.1. The van der Waals surface area contributed by atoms with E-state index >= 15 is 0 Å². The van der Waals surface area contributed by atoms with Gasteiger partial charge in [0.1, 0.15) is 0 Å². The van der Waals surface area contributed by atoms with Crippen LogP contribution in [0.2, 0.25) is 0 Å². The first kappa shape index (κ1) is 19.0. The minimum atomic E-state index is 0.0172. The molecule has 1 unspecified atom stereocenters. The summed E-state index contributed by atoms with van der Waals surface area (Å²) in [5.74, 6) is 0.0861. The fraction of sp³-hybridized carbons (Fsp3) is 0.400. The Morgan fingerprint density at radius 2 is 1.69 bits per heavy atom. The van der Waals surface area contributed by atoms with Crippen molar-refractivity contribution in [2.45, 2.75) is 19.5 Å². The molecule has 1 N–H and O–H groups in total. The Morgan fingerprint density at radius 3 is 2.35 bits per heavy atom. The second-order valence-electron chi connectivity index (χ2n) is 6.75. The van der Waals surface area contributed by atoms with Crippen LogP contribution in [-0.2, 0) is 11.3 Å². The van der Waals surface area contributed by atoms with Crippen molar-refractivity contribution in [1.29, 1.82) is 0 Å². The Labute approximate surface area is 163 Å². The van der Waals surface area contributed by atoms with Gasteiger partial charge in [-0.25, -0.2) is 0 Å². The smallest absolute Gasteiger partial charge is 0.234 e. The van der Waals surface area contributed by atoms with Gasteiger partial charge in [-0.3, -0.25) is 19.6 Å². The van der Waals surface area contributed by atoms with Crippen LogP contribution in [-0.4, -0.2) is 53.4 Å². The van der Waals surface area contributed by atoms with Crippen molar-refractivity contribution in [3.05, 3.63) is 64.4 Å². The van der Waals surface area contributed by atoms with Crippen molar-refractivity contribution >= 4 is 21.8 Å². The third-order valence-electron chi connectivity index (χ3n) is 4.74. The maximum absolute atomic E-state index is 12.4. The number of rotatable bonds is 6. The van der Waals surface area contributed by atoms with Gasteiger partial charge in [0.15, 0.2) is 0 Å². The van der Waals surface area contributed by atoms with E-state index in [1.54, 1.807) is 0 Å². The van der Waals surface area contributed by atoms with E-state index in [0.29, 0.717) is 6.54 Å². The number of hydrogen-bond acceptors (Lipinski definition) is 4. The zero-order valence-electron chi connectivity index (χ0n) is 15.1. The molecule has 1 aromatic carbocycles. The lowest BCUT2D eigenvalue weighted by Crippen LogP contribution is -2.49. The third kappa shape index (κ3) is 5.62. The first-order valence-corrected chi connectivity index (χ1v) is 9.78. The second kappa shape index (κ2) is 9.26. The van der Waals surface area contributed by atoms with Crippen LogP contribution in [0.25, 0.3) is 0 Å². The first-order valence-electron chi connectivity index (χ1n) is 8.98. The largest absolute Gasteiger partial charge is 0.348 e. The molecule has 1 aliphatic rings. The number of nitrogens with zero attached hydrogens (tertiary/aromatic N) is 3. The summed E-state index contributed by atoms with van der Waals surface area (Å²) >= 11 is 3.44. The number of pyridine rings is 1. The predicted molar refractivity (Wildman–Crippen MR) is 107 cm³/mol. The molecule has 6 heteroatoms. The summed E-state index contributed by atoms with van der Waals surface area (Å²) in [6.45, 7) is 7.24. The number of nitrogens with one attached hydrogen (secondary N) is 1. The minimum Gasteiger partial charge on any atom is -0.348 e. The molecular formula is C20H25BrN4O. The van der Waals surface area contributed by atoms with E-state index in [4.69, 9.17) is 0 Å². The lowest BCUT2D eigenvalue weighted by molar-refractivity contribution is -0.123.